The van der Waals surface area contributed by atoms with Crippen molar-refractivity contribution < 1.29 is 14.3 Å². The zero-order chi connectivity index (χ0) is 26.9. The summed E-state index contributed by atoms with van der Waals surface area (Å²) in [6.45, 7) is 7.02. The number of hydrogen-bond acceptors (Lipinski definition) is 6. The van der Waals surface area contributed by atoms with Gasteiger partial charge in [0.2, 0.25) is 0 Å². The number of carbonyl (C=O) groups excluding carboxylic acids is 1. The molecule has 1 aromatic heterocycles. The van der Waals surface area contributed by atoms with Gasteiger partial charge in [0.25, 0.3) is 5.91 Å². The van der Waals surface area contributed by atoms with Gasteiger partial charge in [-0.25, -0.2) is 0 Å². The van der Waals surface area contributed by atoms with E-state index in [0.29, 0.717) is 17.6 Å². The number of benzene rings is 2. The average Bonchev–Trinajstić information content (AvgIpc) is 3.53. The van der Waals surface area contributed by atoms with Gasteiger partial charge in [0.15, 0.2) is 0 Å². The van der Waals surface area contributed by atoms with Crippen molar-refractivity contribution in [1.29, 1.82) is 0 Å². The van der Waals surface area contributed by atoms with Gasteiger partial charge in [-0.15, -0.1) is 0 Å². The van der Waals surface area contributed by atoms with Gasteiger partial charge in [-0.05, 0) is 56.0 Å². The third-order valence-corrected chi connectivity index (χ3v) is 9.71. The molecular formula is C32H41N5O3. The van der Waals surface area contributed by atoms with Crippen molar-refractivity contribution in [3.8, 4) is 11.3 Å². The van der Waals surface area contributed by atoms with E-state index in [0.717, 1.165) is 74.8 Å². The first kappa shape index (κ1) is 26.0. The Balaban J connectivity index is 1.07. The van der Waals surface area contributed by atoms with Gasteiger partial charge in [-0.2, -0.15) is 5.10 Å². The van der Waals surface area contributed by atoms with Crippen molar-refractivity contribution in [3.63, 3.8) is 0 Å². The quantitative estimate of drug-likeness (QED) is 0.453. The molecule has 8 heteroatoms. The van der Waals surface area contributed by atoms with Crippen LogP contribution in [-0.4, -0.2) is 85.7 Å². The first-order valence-corrected chi connectivity index (χ1v) is 15.2. The molecule has 3 aromatic rings. The molecule has 8 nitrogen and oxygen atoms in total. The number of carbonyl (C=O) groups is 1. The number of hydrogen-bond donors (Lipinski definition) is 2. The maximum Gasteiger partial charge on any atom is 0.251 e. The van der Waals surface area contributed by atoms with Crippen molar-refractivity contribution in [1.82, 2.24) is 20.4 Å². The Morgan fingerprint density at radius 1 is 0.975 bits per heavy atom. The molecule has 2 atom stereocenters. The van der Waals surface area contributed by atoms with Crippen molar-refractivity contribution in [2.24, 2.45) is 5.41 Å². The summed E-state index contributed by atoms with van der Waals surface area (Å²) in [5.74, 6) is -0.000818. The molecule has 0 radical (unpaired) electrons. The van der Waals surface area contributed by atoms with Crippen LogP contribution in [0.5, 0.6) is 0 Å². The lowest BCUT2D eigenvalue weighted by atomic mass is 9.73. The Hall–Kier alpha value is -2.94. The monoisotopic (exact) mass is 543 g/mol. The lowest BCUT2D eigenvalue weighted by molar-refractivity contribution is 0.00728. The molecule has 4 heterocycles. The largest absolute Gasteiger partial charge is 0.379 e. The molecule has 3 aliphatic heterocycles. The lowest BCUT2D eigenvalue weighted by Gasteiger charge is -2.42. The van der Waals surface area contributed by atoms with Crippen LogP contribution in [0.4, 0.5) is 5.69 Å². The minimum absolute atomic E-state index is 0.000818. The maximum atomic E-state index is 13.4. The Bertz CT molecular complexity index is 1310. The van der Waals surface area contributed by atoms with E-state index in [1.807, 2.05) is 18.2 Å². The minimum atomic E-state index is -0.000818. The van der Waals surface area contributed by atoms with Gasteiger partial charge < -0.3 is 19.7 Å². The molecule has 0 unspecified atom stereocenters. The topological polar surface area (TPSA) is 82.7 Å². The summed E-state index contributed by atoms with van der Waals surface area (Å²) in [7, 11) is 0. The van der Waals surface area contributed by atoms with Crippen LogP contribution >= 0.6 is 0 Å². The second kappa shape index (κ2) is 11.1. The van der Waals surface area contributed by atoms with Gasteiger partial charge in [0.05, 0.1) is 49.7 Å². The van der Waals surface area contributed by atoms with Crippen LogP contribution in [0.1, 0.15) is 55.3 Å². The number of nitrogens with zero attached hydrogens (tertiary/aromatic N) is 3. The van der Waals surface area contributed by atoms with E-state index in [-0.39, 0.29) is 11.3 Å². The third-order valence-electron chi connectivity index (χ3n) is 9.71. The molecule has 2 N–H and O–H groups in total. The van der Waals surface area contributed by atoms with Crippen LogP contribution in [0.3, 0.4) is 0 Å². The summed E-state index contributed by atoms with van der Waals surface area (Å²) < 4.78 is 11.3. The molecule has 40 heavy (non-hydrogen) atoms. The average molecular weight is 544 g/mol. The number of H-pyrrole nitrogens is 1. The summed E-state index contributed by atoms with van der Waals surface area (Å²) in [4.78, 5) is 18.5. The van der Waals surface area contributed by atoms with E-state index in [1.54, 1.807) is 0 Å². The number of ether oxygens (including phenoxy) is 2. The summed E-state index contributed by atoms with van der Waals surface area (Å²) in [6.07, 6.45) is 8.56. The molecule has 212 valence electrons. The minimum Gasteiger partial charge on any atom is -0.379 e. The van der Waals surface area contributed by atoms with E-state index >= 15 is 0 Å². The van der Waals surface area contributed by atoms with Gasteiger partial charge in [0, 0.05) is 53.8 Å². The van der Waals surface area contributed by atoms with Crippen LogP contribution in [0.15, 0.2) is 42.5 Å². The molecule has 2 aromatic carbocycles. The normalized spacial score (nSPS) is 24.9. The highest BCUT2D eigenvalue weighted by Gasteiger charge is 2.37. The summed E-state index contributed by atoms with van der Waals surface area (Å²) in [5, 5.41) is 12.1. The molecular weight excluding hydrogens is 502 g/mol. The van der Waals surface area contributed by atoms with E-state index in [4.69, 9.17) is 9.47 Å². The highest BCUT2D eigenvalue weighted by Crippen LogP contribution is 2.38. The van der Waals surface area contributed by atoms with E-state index in [1.165, 1.54) is 50.6 Å². The smallest absolute Gasteiger partial charge is 0.251 e. The number of amides is 1. The molecule has 2 bridgehead atoms. The van der Waals surface area contributed by atoms with E-state index in [2.05, 4.69) is 49.6 Å². The second-order valence-corrected chi connectivity index (χ2v) is 12.3. The highest BCUT2D eigenvalue weighted by atomic mass is 16.5. The van der Waals surface area contributed by atoms with Gasteiger partial charge in [-0.1, -0.05) is 31.4 Å². The van der Waals surface area contributed by atoms with Crippen LogP contribution in [0, 0.1) is 5.41 Å². The Labute approximate surface area is 236 Å². The van der Waals surface area contributed by atoms with Crippen molar-refractivity contribution >= 4 is 22.5 Å². The maximum absolute atomic E-state index is 13.4. The van der Waals surface area contributed by atoms with Crippen molar-refractivity contribution in [2.75, 3.05) is 57.5 Å². The highest BCUT2D eigenvalue weighted by molar-refractivity contribution is 6.01. The van der Waals surface area contributed by atoms with Crippen LogP contribution < -0.4 is 10.2 Å². The summed E-state index contributed by atoms with van der Waals surface area (Å²) in [5.41, 5.74) is 4.98. The fraction of sp³-hybridized carbons (Fsp3) is 0.562. The number of aromatic nitrogens is 2. The number of fused-ring (bicyclic) bond motifs is 3. The summed E-state index contributed by atoms with van der Waals surface area (Å²) in [6, 6.07) is 15.6. The zero-order valence-corrected chi connectivity index (χ0v) is 23.4. The SMILES string of the molecule is O=C(NCC1(CN2CCOCC2)CCCCC1)c1ccc2[nH]nc(-c3ccc(N4[C@@H]5CC[C@H]4COC5)cc3)c2c1. The fourth-order valence-electron chi connectivity index (χ4n) is 7.51. The molecule has 1 aliphatic carbocycles. The number of rotatable bonds is 7. The molecule has 7 rings (SSSR count). The predicted molar refractivity (Wildman–Crippen MR) is 157 cm³/mol. The predicted octanol–water partition coefficient (Wildman–Crippen LogP) is 4.61. The molecule has 4 fully saturated rings. The molecule has 3 saturated heterocycles. The zero-order valence-electron chi connectivity index (χ0n) is 23.4. The Morgan fingerprint density at radius 3 is 2.48 bits per heavy atom. The number of aromatic amines is 1. The lowest BCUT2D eigenvalue weighted by Crippen LogP contribution is -2.49. The van der Waals surface area contributed by atoms with Gasteiger partial charge >= 0.3 is 0 Å². The first-order chi connectivity index (χ1) is 19.7. The fourth-order valence-corrected chi connectivity index (χ4v) is 7.51. The first-order valence-electron chi connectivity index (χ1n) is 15.2. The van der Waals surface area contributed by atoms with Crippen LogP contribution in [0.25, 0.3) is 22.2 Å². The third kappa shape index (κ3) is 5.13. The standard InChI is InChI=1S/C32H41N5O3/c38-31(33-21-32(12-2-1-3-13-32)22-36-14-16-39-17-15-36)24-6-11-29-28(18-24)30(35-34-29)23-4-7-25(8-5-23)37-26-9-10-27(37)20-40-19-26/h4-8,11,18,26-27H,1-3,9-10,12-17,19-22H2,(H,33,38)(H,34,35)/t26-,27+. The van der Waals surface area contributed by atoms with Gasteiger partial charge in [-0.3, -0.25) is 14.8 Å². The summed E-state index contributed by atoms with van der Waals surface area (Å²) >= 11 is 0. The number of morpholine rings is 2. The molecule has 4 aliphatic rings. The van der Waals surface area contributed by atoms with Crippen molar-refractivity contribution in [2.45, 2.75) is 57.0 Å². The van der Waals surface area contributed by atoms with E-state index < -0.39 is 0 Å². The van der Waals surface area contributed by atoms with Crippen LogP contribution in [0.2, 0.25) is 0 Å². The molecule has 1 saturated carbocycles. The van der Waals surface area contributed by atoms with Crippen LogP contribution in [-0.2, 0) is 9.47 Å². The van der Waals surface area contributed by atoms with Gasteiger partial charge in [0.1, 0.15) is 0 Å². The van der Waals surface area contributed by atoms with Crippen molar-refractivity contribution in [3.05, 3.63) is 48.0 Å². The Kier molecular flexibility index (Phi) is 7.24. The molecule has 1 amide bonds. The number of anilines is 1. The second-order valence-electron chi connectivity index (χ2n) is 12.3. The Morgan fingerprint density at radius 2 is 1.73 bits per heavy atom. The molecule has 0 spiro atoms. The number of nitrogens with one attached hydrogen (secondary N) is 2. The van der Waals surface area contributed by atoms with E-state index in [9.17, 15) is 4.79 Å².